The molecule has 132 valence electrons. The molecule has 0 heterocycles. The number of nitro benzene ring substituents is 1. The van der Waals surface area contributed by atoms with Crippen molar-refractivity contribution in [2.45, 2.75) is 6.18 Å². The van der Waals surface area contributed by atoms with Crippen LogP contribution in [-0.2, 0) is 6.18 Å². The highest BCUT2D eigenvalue weighted by atomic mass is 19.4. The Morgan fingerprint density at radius 3 is 2.44 bits per heavy atom. The third kappa shape index (κ3) is 4.03. The molecule has 0 fully saturated rings. The summed E-state index contributed by atoms with van der Waals surface area (Å²) in [7, 11) is 1.33. The number of benzene rings is 2. The first-order chi connectivity index (χ1) is 11.6. The smallest absolute Gasteiger partial charge is 0.419 e. The van der Waals surface area contributed by atoms with Gasteiger partial charge < -0.3 is 10.1 Å². The van der Waals surface area contributed by atoms with Gasteiger partial charge in [-0.25, -0.2) is 4.39 Å². The van der Waals surface area contributed by atoms with E-state index < -0.39 is 45.6 Å². The number of rotatable bonds is 4. The second-order valence-electron chi connectivity index (χ2n) is 4.76. The number of carbonyl (C=O) groups is 1. The first-order valence-corrected chi connectivity index (χ1v) is 6.68. The molecular weight excluding hydrogens is 348 g/mol. The van der Waals surface area contributed by atoms with Gasteiger partial charge in [0.1, 0.15) is 11.6 Å². The van der Waals surface area contributed by atoms with Crippen LogP contribution in [0.1, 0.15) is 15.9 Å². The van der Waals surface area contributed by atoms with Crippen LogP contribution in [0, 0.1) is 15.9 Å². The minimum absolute atomic E-state index is 0.0309. The molecule has 0 spiro atoms. The van der Waals surface area contributed by atoms with Gasteiger partial charge in [0.2, 0.25) is 5.75 Å². The van der Waals surface area contributed by atoms with E-state index in [1.165, 1.54) is 13.1 Å². The molecule has 0 unspecified atom stereocenters. The summed E-state index contributed by atoms with van der Waals surface area (Å²) in [4.78, 5) is 21.8. The summed E-state index contributed by atoms with van der Waals surface area (Å²) in [6.45, 7) is 0. The number of hydrogen-bond donors (Lipinski definition) is 1. The summed E-state index contributed by atoms with van der Waals surface area (Å²) in [5.41, 5.74) is -2.22. The van der Waals surface area contributed by atoms with Crippen LogP contribution in [0.4, 0.5) is 23.2 Å². The summed E-state index contributed by atoms with van der Waals surface area (Å²) in [6, 6.07) is 5.03. The topological polar surface area (TPSA) is 81.5 Å². The molecule has 0 atom stereocenters. The van der Waals surface area contributed by atoms with Crippen molar-refractivity contribution >= 4 is 11.6 Å². The van der Waals surface area contributed by atoms with E-state index in [9.17, 15) is 32.5 Å². The molecule has 6 nitrogen and oxygen atoms in total. The van der Waals surface area contributed by atoms with Gasteiger partial charge in [-0.1, -0.05) is 0 Å². The minimum atomic E-state index is -4.95. The van der Waals surface area contributed by atoms with E-state index in [0.29, 0.717) is 12.1 Å². The average Bonchev–Trinajstić information content (AvgIpc) is 2.55. The van der Waals surface area contributed by atoms with Crippen LogP contribution < -0.4 is 10.1 Å². The van der Waals surface area contributed by atoms with Crippen LogP contribution >= 0.6 is 0 Å². The maximum atomic E-state index is 13.3. The summed E-state index contributed by atoms with van der Waals surface area (Å²) >= 11 is 0. The Morgan fingerprint density at radius 2 is 1.88 bits per heavy atom. The zero-order chi connectivity index (χ0) is 18.8. The molecule has 0 aromatic heterocycles. The van der Waals surface area contributed by atoms with Crippen molar-refractivity contribution in [3.05, 3.63) is 63.5 Å². The Kier molecular flexibility index (Phi) is 4.91. The highest BCUT2D eigenvalue weighted by molar-refractivity contribution is 5.95. The number of halogens is 4. The van der Waals surface area contributed by atoms with Gasteiger partial charge in [-0.3, -0.25) is 14.9 Å². The van der Waals surface area contributed by atoms with Crippen LogP contribution in [0.5, 0.6) is 11.5 Å². The summed E-state index contributed by atoms with van der Waals surface area (Å²) < 4.78 is 56.5. The SMILES string of the molecule is CNC(=O)c1ccc(Oc2ccc(F)c(C(F)(F)F)c2)c([N+](=O)[O-])c1. The van der Waals surface area contributed by atoms with Gasteiger partial charge in [0.15, 0.2) is 0 Å². The molecule has 0 bridgehead atoms. The van der Waals surface area contributed by atoms with Crippen LogP contribution in [-0.4, -0.2) is 17.9 Å². The van der Waals surface area contributed by atoms with Crippen molar-refractivity contribution in [2.24, 2.45) is 0 Å². The number of nitro groups is 1. The van der Waals surface area contributed by atoms with Gasteiger partial charge in [-0.15, -0.1) is 0 Å². The molecule has 0 aliphatic heterocycles. The van der Waals surface area contributed by atoms with Crippen molar-refractivity contribution in [1.29, 1.82) is 0 Å². The number of alkyl halides is 3. The number of nitrogens with zero attached hydrogens (tertiary/aromatic N) is 1. The van der Waals surface area contributed by atoms with Crippen molar-refractivity contribution in [2.75, 3.05) is 7.05 Å². The molecule has 25 heavy (non-hydrogen) atoms. The number of nitrogens with one attached hydrogen (secondary N) is 1. The lowest BCUT2D eigenvalue weighted by atomic mass is 10.1. The van der Waals surface area contributed by atoms with E-state index >= 15 is 0 Å². The molecule has 0 saturated carbocycles. The van der Waals surface area contributed by atoms with E-state index in [0.717, 1.165) is 18.2 Å². The predicted molar refractivity (Wildman–Crippen MR) is 78.0 cm³/mol. The Bertz CT molecular complexity index is 837. The lowest BCUT2D eigenvalue weighted by molar-refractivity contribution is -0.385. The van der Waals surface area contributed by atoms with Crippen molar-refractivity contribution in [3.8, 4) is 11.5 Å². The van der Waals surface area contributed by atoms with Crippen molar-refractivity contribution in [3.63, 3.8) is 0 Å². The molecule has 1 amide bonds. The second-order valence-corrected chi connectivity index (χ2v) is 4.76. The molecule has 10 heteroatoms. The van der Waals surface area contributed by atoms with Gasteiger partial charge in [0.25, 0.3) is 5.91 Å². The van der Waals surface area contributed by atoms with Crippen molar-refractivity contribution < 1.29 is 32.0 Å². The number of amides is 1. The van der Waals surface area contributed by atoms with Gasteiger partial charge in [-0.2, -0.15) is 13.2 Å². The fraction of sp³-hybridized carbons (Fsp3) is 0.133. The van der Waals surface area contributed by atoms with Gasteiger partial charge in [-0.05, 0) is 30.3 Å². The predicted octanol–water partition coefficient (Wildman–Crippen LogP) is 3.90. The zero-order valence-electron chi connectivity index (χ0n) is 12.6. The Hall–Kier alpha value is -3.17. The van der Waals surface area contributed by atoms with Gasteiger partial charge in [0.05, 0.1) is 10.5 Å². The summed E-state index contributed by atoms with van der Waals surface area (Å²) in [5.74, 6) is -2.91. The van der Waals surface area contributed by atoms with E-state index in [-0.39, 0.29) is 5.56 Å². The normalized spacial score (nSPS) is 11.1. The Morgan fingerprint density at radius 1 is 1.20 bits per heavy atom. The molecule has 0 radical (unpaired) electrons. The second kappa shape index (κ2) is 6.75. The molecule has 0 saturated heterocycles. The van der Waals surface area contributed by atoms with E-state index in [4.69, 9.17) is 4.74 Å². The average molecular weight is 358 g/mol. The van der Waals surface area contributed by atoms with Gasteiger partial charge >= 0.3 is 11.9 Å². The number of ether oxygens (including phenoxy) is 1. The minimum Gasteiger partial charge on any atom is -0.450 e. The van der Waals surface area contributed by atoms with Crippen LogP contribution in [0.3, 0.4) is 0 Å². The van der Waals surface area contributed by atoms with Crippen LogP contribution in [0.2, 0.25) is 0 Å². The lowest BCUT2D eigenvalue weighted by Crippen LogP contribution is -2.17. The zero-order valence-corrected chi connectivity index (χ0v) is 12.6. The quantitative estimate of drug-likeness (QED) is 0.510. The summed E-state index contributed by atoms with van der Waals surface area (Å²) in [5, 5.41) is 13.4. The third-order valence-electron chi connectivity index (χ3n) is 3.12. The first kappa shape index (κ1) is 18.2. The third-order valence-corrected chi connectivity index (χ3v) is 3.12. The molecule has 2 aromatic rings. The monoisotopic (exact) mass is 358 g/mol. The molecule has 0 aliphatic rings. The highest BCUT2D eigenvalue weighted by Gasteiger charge is 2.34. The Balaban J connectivity index is 2.44. The number of carbonyl (C=O) groups excluding carboxylic acids is 1. The fourth-order valence-electron chi connectivity index (χ4n) is 1.94. The van der Waals surface area contributed by atoms with Gasteiger partial charge in [0, 0.05) is 18.7 Å². The molecule has 2 aromatic carbocycles. The standard InChI is InChI=1S/C15H10F4N2O4/c1-20-14(22)8-2-5-13(12(6-8)21(23)24)25-9-3-4-11(16)10(7-9)15(17,18)19/h2-7H,1H3,(H,20,22). The van der Waals surface area contributed by atoms with E-state index in [1.807, 2.05) is 0 Å². The lowest BCUT2D eigenvalue weighted by Gasteiger charge is -2.11. The largest absolute Gasteiger partial charge is 0.450 e. The van der Waals surface area contributed by atoms with Crippen LogP contribution in [0.25, 0.3) is 0 Å². The van der Waals surface area contributed by atoms with Crippen molar-refractivity contribution in [1.82, 2.24) is 5.32 Å². The molecule has 2 rings (SSSR count). The summed E-state index contributed by atoms with van der Waals surface area (Å²) in [6.07, 6.45) is -4.95. The number of hydrogen-bond acceptors (Lipinski definition) is 4. The van der Waals surface area contributed by atoms with E-state index in [2.05, 4.69) is 5.32 Å². The molecule has 1 N–H and O–H groups in total. The highest BCUT2D eigenvalue weighted by Crippen LogP contribution is 2.37. The first-order valence-electron chi connectivity index (χ1n) is 6.68. The molecular formula is C15H10F4N2O4. The Labute approximate surface area is 138 Å². The maximum Gasteiger partial charge on any atom is 0.419 e. The maximum absolute atomic E-state index is 13.3. The fourth-order valence-corrected chi connectivity index (χ4v) is 1.94. The van der Waals surface area contributed by atoms with Crippen LogP contribution in [0.15, 0.2) is 36.4 Å². The molecule has 0 aliphatic carbocycles. The van der Waals surface area contributed by atoms with E-state index in [1.54, 1.807) is 0 Å².